The molecular formula is C12H14N4. The normalized spacial score (nSPS) is 12.3. The van der Waals surface area contributed by atoms with Gasteiger partial charge >= 0.3 is 0 Å². The number of hydrogen-bond donors (Lipinski definition) is 1. The zero-order chi connectivity index (χ0) is 11.5. The van der Waals surface area contributed by atoms with Crippen LogP contribution in [0.4, 0.5) is 5.82 Å². The van der Waals surface area contributed by atoms with Crippen LogP contribution in [0.1, 0.15) is 13.3 Å². The van der Waals surface area contributed by atoms with E-state index in [1.54, 1.807) is 12.5 Å². The van der Waals surface area contributed by atoms with E-state index in [0.29, 0.717) is 6.42 Å². The van der Waals surface area contributed by atoms with Gasteiger partial charge in [-0.05, 0) is 13.0 Å². The van der Waals surface area contributed by atoms with Crippen molar-refractivity contribution >= 4 is 16.9 Å². The van der Waals surface area contributed by atoms with Crippen molar-refractivity contribution in [1.29, 1.82) is 0 Å². The summed E-state index contributed by atoms with van der Waals surface area (Å²) in [6.45, 7) is 2.03. The minimum Gasteiger partial charge on any atom is -0.365 e. The van der Waals surface area contributed by atoms with Crippen LogP contribution in [0.25, 0.3) is 11.0 Å². The molecule has 2 heterocycles. The first kappa shape index (κ1) is 10.5. The smallest absolute Gasteiger partial charge is 0.154 e. The van der Waals surface area contributed by atoms with Gasteiger partial charge in [-0.3, -0.25) is 0 Å². The Balaban J connectivity index is 2.34. The zero-order valence-corrected chi connectivity index (χ0v) is 9.44. The largest absolute Gasteiger partial charge is 0.365 e. The standard InChI is InChI=1S/C12H14N4/c1-4-5-9(2)15-12-11-10(6-7-13-12)16(3)8-14-11/h1,6-9H,5H2,2-3H3,(H,13,15). The number of terminal acetylenes is 1. The molecule has 0 saturated carbocycles. The van der Waals surface area contributed by atoms with E-state index in [9.17, 15) is 0 Å². The average Bonchev–Trinajstić information content (AvgIpc) is 2.62. The van der Waals surface area contributed by atoms with E-state index in [4.69, 9.17) is 6.42 Å². The Morgan fingerprint density at radius 3 is 3.12 bits per heavy atom. The van der Waals surface area contributed by atoms with E-state index in [2.05, 4.69) is 21.2 Å². The summed E-state index contributed by atoms with van der Waals surface area (Å²) in [6.07, 6.45) is 9.50. The van der Waals surface area contributed by atoms with Gasteiger partial charge in [-0.15, -0.1) is 12.3 Å². The average molecular weight is 214 g/mol. The van der Waals surface area contributed by atoms with Crippen LogP contribution in [0, 0.1) is 12.3 Å². The van der Waals surface area contributed by atoms with Crippen molar-refractivity contribution < 1.29 is 0 Å². The Hall–Kier alpha value is -2.02. The maximum atomic E-state index is 5.27. The second-order valence-electron chi connectivity index (χ2n) is 3.84. The summed E-state index contributed by atoms with van der Waals surface area (Å²) in [5.74, 6) is 3.42. The quantitative estimate of drug-likeness (QED) is 0.792. The van der Waals surface area contributed by atoms with Crippen molar-refractivity contribution in [3.63, 3.8) is 0 Å². The minimum absolute atomic E-state index is 0.199. The molecule has 0 radical (unpaired) electrons. The van der Waals surface area contributed by atoms with Crippen molar-refractivity contribution in [2.24, 2.45) is 7.05 Å². The van der Waals surface area contributed by atoms with E-state index in [-0.39, 0.29) is 6.04 Å². The molecule has 0 bridgehead atoms. The number of aryl methyl sites for hydroxylation is 1. The Morgan fingerprint density at radius 1 is 1.56 bits per heavy atom. The molecule has 0 aliphatic heterocycles. The highest BCUT2D eigenvalue weighted by Crippen LogP contribution is 2.19. The molecule has 82 valence electrons. The van der Waals surface area contributed by atoms with Gasteiger partial charge in [-0.1, -0.05) is 0 Å². The SMILES string of the molecule is C#CCC(C)Nc1nccc2c1ncn2C. The second-order valence-corrected chi connectivity index (χ2v) is 3.84. The predicted molar refractivity (Wildman–Crippen MR) is 65.0 cm³/mol. The number of aromatic nitrogens is 3. The lowest BCUT2D eigenvalue weighted by Crippen LogP contribution is -2.15. The van der Waals surface area contributed by atoms with Gasteiger partial charge in [0.15, 0.2) is 5.82 Å². The van der Waals surface area contributed by atoms with Crippen molar-refractivity contribution in [3.05, 3.63) is 18.6 Å². The van der Waals surface area contributed by atoms with Crippen molar-refractivity contribution in [1.82, 2.24) is 14.5 Å². The lowest BCUT2D eigenvalue weighted by atomic mass is 10.2. The van der Waals surface area contributed by atoms with Gasteiger partial charge in [0, 0.05) is 25.7 Å². The third-order valence-corrected chi connectivity index (χ3v) is 2.45. The molecule has 4 heteroatoms. The third kappa shape index (κ3) is 1.84. The maximum Gasteiger partial charge on any atom is 0.154 e. The van der Waals surface area contributed by atoms with Gasteiger partial charge in [0.25, 0.3) is 0 Å². The van der Waals surface area contributed by atoms with Gasteiger partial charge in [0.1, 0.15) is 5.52 Å². The summed E-state index contributed by atoms with van der Waals surface area (Å²) in [4.78, 5) is 8.60. The molecular weight excluding hydrogens is 200 g/mol. The second kappa shape index (κ2) is 4.23. The lowest BCUT2D eigenvalue weighted by molar-refractivity contribution is 0.823. The molecule has 1 N–H and O–H groups in total. The highest BCUT2D eigenvalue weighted by atomic mass is 15.1. The van der Waals surface area contributed by atoms with Crippen LogP contribution in [0.3, 0.4) is 0 Å². The number of rotatable bonds is 3. The number of imidazole rings is 1. The van der Waals surface area contributed by atoms with Crippen LogP contribution in [-0.4, -0.2) is 20.6 Å². The van der Waals surface area contributed by atoms with Gasteiger partial charge in [-0.25, -0.2) is 9.97 Å². The molecule has 4 nitrogen and oxygen atoms in total. The molecule has 0 spiro atoms. The van der Waals surface area contributed by atoms with Gasteiger partial charge in [0.2, 0.25) is 0 Å². The van der Waals surface area contributed by atoms with E-state index in [1.807, 2.05) is 24.6 Å². The van der Waals surface area contributed by atoms with Crippen LogP contribution in [-0.2, 0) is 7.05 Å². The first-order valence-corrected chi connectivity index (χ1v) is 5.18. The molecule has 1 atom stereocenters. The fourth-order valence-corrected chi connectivity index (χ4v) is 1.63. The Labute approximate surface area is 94.7 Å². The van der Waals surface area contributed by atoms with Crippen LogP contribution in [0.15, 0.2) is 18.6 Å². The molecule has 2 rings (SSSR count). The highest BCUT2D eigenvalue weighted by Gasteiger charge is 2.08. The Bertz CT molecular complexity index is 535. The monoisotopic (exact) mass is 214 g/mol. The van der Waals surface area contributed by atoms with E-state index >= 15 is 0 Å². The van der Waals surface area contributed by atoms with Crippen molar-refractivity contribution in [3.8, 4) is 12.3 Å². The van der Waals surface area contributed by atoms with Gasteiger partial charge in [-0.2, -0.15) is 0 Å². The van der Waals surface area contributed by atoms with Gasteiger partial charge in [0.05, 0.1) is 11.8 Å². The number of anilines is 1. The number of fused-ring (bicyclic) bond motifs is 1. The van der Waals surface area contributed by atoms with Crippen LogP contribution in [0.5, 0.6) is 0 Å². The highest BCUT2D eigenvalue weighted by molar-refractivity contribution is 5.85. The van der Waals surface area contributed by atoms with Crippen LogP contribution in [0.2, 0.25) is 0 Å². The Kier molecular flexibility index (Phi) is 2.78. The maximum absolute atomic E-state index is 5.27. The molecule has 0 amide bonds. The summed E-state index contributed by atoms with van der Waals surface area (Å²) in [7, 11) is 1.96. The molecule has 1 unspecified atom stereocenters. The zero-order valence-electron chi connectivity index (χ0n) is 9.44. The third-order valence-electron chi connectivity index (χ3n) is 2.45. The summed E-state index contributed by atoms with van der Waals surface area (Å²) in [5.41, 5.74) is 1.94. The fourth-order valence-electron chi connectivity index (χ4n) is 1.63. The molecule has 2 aromatic rings. The summed E-state index contributed by atoms with van der Waals surface area (Å²) >= 11 is 0. The topological polar surface area (TPSA) is 42.7 Å². The number of nitrogens with one attached hydrogen (secondary N) is 1. The number of pyridine rings is 1. The van der Waals surface area contributed by atoms with E-state index in [1.165, 1.54) is 0 Å². The molecule has 2 aromatic heterocycles. The molecule has 0 aromatic carbocycles. The summed E-state index contributed by atoms with van der Waals surface area (Å²) in [5, 5.41) is 3.27. The molecule has 0 aliphatic rings. The molecule has 0 saturated heterocycles. The number of hydrogen-bond acceptors (Lipinski definition) is 3. The van der Waals surface area contributed by atoms with Crippen molar-refractivity contribution in [2.45, 2.75) is 19.4 Å². The first-order valence-electron chi connectivity index (χ1n) is 5.18. The minimum atomic E-state index is 0.199. The fraction of sp³-hybridized carbons (Fsp3) is 0.333. The summed E-state index contributed by atoms with van der Waals surface area (Å²) in [6, 6.07) is 2.14. The lowest BCUT2D eigenvalue weighted by Gasteiger charge is -2.11. The van der Waals surface area contributed by atoms with Gasteiger partial charge < -0.3 is 9.88 Å². The molecule has 0 fully saturated rings. The Morgan fingerprint density at radius 2 is 2.38 bits per heavy atom. The van der Waals surface area contributed by atoms with E-state index in [0.717, 1.165) is 16.9 Å². The van der Waals surface area contributed by atoms with Crippen LogP contribution < -0.4 is 5.32 Å². The molecule has 0 aliphatic carbocycles. The van der Waals surface area contributed by atoms with Crippen molar-refractivity contribution in [2.75, 3.05) is 5.32 Å². The predicted octanol–water partition coefficient (Wildman–Crippen LogP) is 1.79. The summed E-state index contributed by atoms with van der Waals surface area (Å²) < 4.78 is 1.97. The first-order chi connectivity index (χ1) is 7.72. The number of nitrogens with zero attached hydrogens (tertiary/aromatic N) is 3. The molecule has 16 heavy (non-hydrogen) atoms. The van der Waals surface area contributed by atoms with E-state index < -0.39 is 0 Å². The van der Waals surface area contributed by atoms with Crippen LogP contribution >= 0.6 is 0 Å².